The van der Waals surface area contributed by atoms with E-state index in [0.29, 0.717) is 30.2 Å². The number of rotatable bonds is 5. The number of nitrogen functional groups attached to an aromatic ring is 1. The van der Waals surface area contributed by atoms with E-state index in [4.69, 9.17) is 10.5 Å². The van der Waals surface area contributed by atoms with Gasteiger partial charge in [0, 0.05) is 8.95 Å². The molecule has 0 bridgehead atoms. The van der Waals surface area contributed by atoms with E-state index in [0.717, 1.165) is 8.95 Å². The monoisotopic (exact) mass is 412 g/mol. The van der Waals surface area contributed by atoms with Crippen LogP contribution >= 0.6 is 31.9 Å². The van der Waals surface area contributed by atoms with Crippen LogP contribution in [0.2, 0.25) is 0 Å². The van der Waals surface area contributed by atoms with E-state index in [1.807, 2.05) is 24.3 Å². The van der Waals surface area contributed by atoms with Crippen LogP contribution in [0.3, 0.4) is 0 Å². The van der Waals surface area contributed by atoms with Crippen LogP contribution in [-0.2, 0) is 0 Å². The maximum Gasteiger partial charge on any atom is 0.252 e. The molecule has 0 fully saturated rings. The second-order valence-corrected chi connectivity index (χ2v) is 6.04. The highest BCUT2D eigenvalue weighted by atomic mass is 79.9. The highest BCUT2D eigenvalue weighted by Gasteiger charge is 2.09. The molecule has 0 aliphatic rings. The van der Waals surface area contributed by atoms with E-state index in [-0.39, 0.29) is 5.91 Å². The number of ether oxygens (including phenoxy) is 1. The third-order valence-electron chi connectivity index (χ3n) is 2.74. The zero-order valence-corrected chi connectivity index (χ0v) is 14.3. The smallest absolute Gasteiger partial charge is 0.252 e. The first kappa shape index (κ1) is 15.9. The van der Waals surface area contributed by atoms with Crippen molar-refractivity contribution in [3.63, 3.8) is 0 Å². The summed E-state index contributed by atoms with van der Waals surface area (Å²) >= 11 is 6.71. The summed E-state index contributed by atoms with van der Waals surface area (Å²) < 4.78 is 7.16. The predicted molar refractivity (Wildman–Crippen MR) is 90.5 cm³/mol. The number of benzene rings is 2. The number of nitrogens with two attached hydrogens (primary N) is 1. The van der Waals surface area contributed by atoms with Crippen LogP contribution in [0.25, 0.3) is 0 Å². The molecule has 2 aromatic rings. The number of hydrogen-bond acceptors (Lipinski definition) is 3. The molecule has 0 atom stereocenters. The van der Waals surface area contributed by atoms with Crippen molar-refractivity contribution in [3.05, 3.63) is 57.0 Å². The first-order valence-corrected chi connectivity index (χ1v) is 7.87. The lowest BCUT2D eigenvalue weighted by Crippen LogP contribution is -2.28. The van der Waals surface area contributed by atoms with Crippen molar-refractivity contribution in [2.24, 2.45) is 0 Å². The van der Waals surface area contributed by atoms with Crippen LogP contribution in [0.5, 0.6) is 5.75 Å². The van der Waals surface area contributed by atoms with Crippen LogP contribution < -0.4 is 15.8 Å². The molecule has 0 saturated heterocycles. The van der Waals surface area contributed by atoms with Crippen molar-refractivity contribution in [2.75, 3.05) is 18.9 Å². The minimum atomic E-state index is -0.154. The minimum absolute atomic E-state index is 0.154. The normalized spacial score (nSPS) is 10.2. The molecular weight excluding hydrogens is 400 g/mol. The van der Waals surface area contributed by atoms with E-state index in [2.05, 4.69) is 37.2 Å². The van der Waals surface area contributed by atoms with Crippen molar-refractivity contribution in [3.8, 4) is 5.75 Å². The van der Waals surface area contributed by atoms with Crippen molar-refractivity contribution in [2.45, 2.75) is 0 Å². The van der Waals surface area contributed by atoms with Gasteiger partial charge in [0.25, 0.3) is 5.91 Å². The highest BCUT2D eigenvalue weighted by Crippen LogP contribution is 2.22. The molecular formula is C15H14Br2N2O2. The van der Waals surface area contributed by atoms with Crippen LogP contribution in [0, 0.1) is 0 Å². The molecule has 3 N–H and O–H groups in total. The number of para-hydroxylation sites is 2. The first-order valence-electron chi connectivity index (χ1n) is 6.28. The largest absolute Gasteiger partial charge is 0.490 e. The summed E-state index contributed by atoms with van der Waals surface area (Å²) in [5, 5.41) is 2.80. The Labute approximate surface area is 139 Å². The summed E-state index contributed by atoms with van der Waals surface area (Å²) in [6.07, 6.45) is 0. The van der Waals surface area contributed by atoms with Crippen molar-refractivity contribution < 1.29 is 9.53 Å². The van der Waals surface area contributed by atoms with Gasteiger partial charge in [-0.05, 0) is 46.3 Å². The summed E-state index contributed by atoms with van der Waals surface area (Å²) in [7, 11) is 0. The number of carbonyl (C=O) groups excluding carboxylic acids is 1. The maximum atomic E-state index is 12.0. The van der Waals surface area contributed by atoms with Gasteiger partial charge in [-0.1, -0.05) is 28.1 Å². The molecule has 6 heteroatoms. The van der Waals surface area contributed by atoms with Crippen LogP contribution in [0.1, 0.15) is 10.4 Å². The Balaban J connectivity index is 1.83. The Morgan fingerprint density at radius 2 is 1.95 bits per heavy atom. The second-order valence-electron chi connectivity index (χ2n) is 4.27. The minimum Gasteiger partial charge on any atom is -0.490 e. The third-order valence-corrected chi connectivity index (χ3v) is 3.89. The first-order chi connectivity index (χ1) is 10.1. The molecule has 0 spiro atoms. The van der Waals surface area contributed by atoms with Crippen molar-refractivity contribution in [1.82, 2.24) is 5.32 Å². The number of amides is 1. The summed E-state index contributed by atoms with van der Waals surface area (Å²) in [5.41, 5.74) is 6.93. The van der Waals surface area contributed by atoms with Crippen LogP contribution in [-0.4, -0.2) is 19.1 Å². The standard InChI is InChI=1S/C15H14Br2N2O2/c16-10-5-6-11(12(17)9-10)15(20)19-7-8-21-14-4-2-1-3-13(14)18/h1-6,9H,7-8,18H2,(H,19,20). The third kappa shape index (κ3) is 4.47. The van der Waals surface area contributed by atoms with E-state index in [9.17, 15) is 4.79 Å². The molecule has 1 amide bonds. The van der Waals surface area contributed by atoms with Gasteiger partial charge in [0.05, 0.1) is 17.8 Å². The van der Waals surface area contributed by atoms with Gasteiger partial charge in [0.2, 0.25) is 0 Å². The van der Waals surface area contributed by atoms with Gasteiger partial charge in [-0.15, -0.1) is 0 Å². The fraction of sp³-hybridized carbons (Fsp3) is 0.133. The lowest BCUT2D eigenvalue weighted by molar-refractivity contribution is 0.0946. The van der Waals surface area contributed by atoms with Gasteiger partial charge in [0.1, 0.15) is 12.4 Å². The van der Waals surface area contributed by atoms with Gasteiger partial charge in [-0.25, -0.2) is 0 Å². The zero-order valence-electron chi connectivity index (χ0n) is 11.1. The van der Waals surface area contributed by atoms with Gasteiger partial charge in [-0.3, -0.25) is 4.79 Å². The fourth-order valence-corrected chi connectivity index (χ4v) is 2.93. The topological polar surface area (TPSA) is 64.3 Å². The highest BCUT2D eigenvalue weighted by molar-refractivity contribution is 9.11. The summed E-state index contributed by atoms with van der Waals surface area (Å²) in [4.78, 5) is 12.0. The fourth-order valence-electron chi connectivity index (χ4n) is 1.71. The lowest BCUT2D eigenvalue weighted by atomic mass is 10.2. The van der Waals surface area contributed by atoms with Crippen LogP contribution in [0.4, 0.5) is 5.69 Å². The van der Waals surface area contributed by atoms with E-state index < -0.39 is 0 Å². The maximum absolute atomic E-state index is 12.0. The number of anilines is 1. The number of hydrogen-bond donors (Lipinski definition) is 2. The molecule has 0 heterocycles. The average Bonchev–Trinajstić information content (AvgIpc) is 2.45. The second kappa shape index (κ2) is 7.47. The SMILES string of the molecule is Nc1ccccc1OCCNC(=O)c1ccc(Br)cc1Br. The Bertz CT molecular complexity index is 647. The van der Waals surface area contributed by atoms with Gasteiger partial charge < -0.3 is 15.8 Å². The molecule has 21 heavy (non-hydrogen) atoms. The van der Waals surface area contributed by atoms with E-state index in [1.165, 1.54) is 0 Å². The average molecular weight is 414 g/mol. The van der Waals surface area contributed by atoms with Gasteiger partial charge >= 0.3 is 0 Å². The molecule has 110 valence electrons. The molecule has 4 nitrogen and oxygen atoms in total. The van der Waals surface area contributed by atoms with E-state index in [1.54, 1.807) is 18.2 Å². The molecule has 0 aliphatic heterocycles. The lowest BCUT2D eigenvalue weighted by Gasteiger charge is -2.10. The summed E-state index contributed by atoms with van der Waals surface area (Å²) in [6, 6.07) is 12.7. The Hall–Kier alpha value is -1.53. The van der Waals surface area contributed by atoms with E-state index >= 15 is 0 Å². The Morgan fingerprint density at radius 1 is 1.19 bits per heavy atom. The van der Waals surface area contributed by atoms with Gasteiger partial charge in [0.15, 0.2) is 0 Å². The van der Waals surface area contributed by atoms with Crippen molar-refractivity contribution >= 4 is 43.5 Å². The molecule has 2 aromatic carbocycles. The Morgan fingerprint density at radius 3 is 2.67 bits per heavy atom. The molecule has 2 rings (SSSR count). The van der Waals surface area contributed by atoms with Crippen LogP contribution in [0.15, 0.2) is 51.4 Å². The number of halogens is 2. The molecule has 0 aromatic heterocycles. The van der Waals surface area contributed by atoms with Gasteiger partial charge in [-0.2, -0.15) is 0 Å². The Kier molecular flexibility index (Phi) is 5.64. The summed E-state index contributed by atoms with van der Waals surface area (Å²) in [5.74, 6) is 0.468. The zero-order chi connectivity index (χ0) is 15.2. The van der Waals surface area contributed by atoms with Crippen molar-refractivity contribution in [1.29, 1.82) is 0 Å². The number of carbonyl (C=O) groups is 1. The predicted octanol–water partition coefficient (Wildman–Crippen LogP) is 3.60. The summed E-state index contributed by atoms with van der Waals surface area (Å²) in [6.45, 7) is 0.754. The molecule has 0 aliphatic carbocycles. The number of nitrogens with one attached hydrogen (secondary N) is 1. The molecule has 0 unspecified atom stereocenters. The molecule has 0 saturated carbocycles. The molecule has 0 radical (unpaired) electrons. The quantitative estimate of drug-likeness (QED) is 0.581.